The summed E-state index contributed by atoms with van der Waals surface area (Å²) < 4.78 is 0. The Bertz CT molecular complexity index is 3350. The first-order valence-corrected chi connectivity index (χ1v) is 21.0. The van der Waals surface area contributed by atoms with Crippen molar-refractivity contribution in [1.29, 1.82) is 0 Å². The third-order valence-corrected chi connectivity index (χ3v) is 12.1. The van der Waals surface area contributed by atoms with Crippen LogP contribution < -0.4 is 4.90 Å². The standard InChI is InChI=1S/C60H41N/c1-4-20-42(21-5-1)48-32-16-27-45-28-17-36-55(59(45)48)54-31-13-15-38-57(54)61(58-39-19-33-49(43-22-6-2-7-23-43)60(58)46-25-8-3-9-26-46)56-37-14-12-30-53(56)51-35-18-34-50-47-29-11-10-24-44(47)40-41-52(50)51/h1-41H. The Balaban J connectivity index is 1.25. The molecule has 1 nitrogen and oxygen atoms in total. The van der Waals surface area contributed by atoms with Crippen LogP contribution >= 0.6 is 0 Å². The van der Waals surface area contributed by atoms with Crippen LogP contribution in [0.5, 0.6) is 0 Å². The zero-order valence-electron chi connectivity index (χ0n) is 33.6. The van der Waals surface area contributed by atoms with Crippen LogP contribution in [-0.2, 0) is 0 Å². The molecule has 0 spiro atoms. The van der Waals surface area contributed by atoms with Crippen molar-refractivity contribution >= 4 is 49.4 Å². The number of anilines is 3. The molecule has 0 N–H and O–H groups in total. The van der Waals surface area contributed by atoms with Crippen LogP contribution in [0.2, 0.25) is 0 Å². The fourth-order valence-electron chi connectivity index (χ4n) is 9.37. The summed E-state index contributed by atoms with van der Waals surface area (Å²) >= 11 is 0. The van der Waals surface area contributed by atoms with Gasteiger partial charge in [0.25, 0.3) is 0 Å². The van der Waals surface area contributed by atoms with Gasteiger partial charge in [0.2, 0.25) is 0 Å². The van der Waals surface area contributed by atoms with Crippen LogP contribution in [0.25, 0.3) is 88.0 Å². The van der Waals surface area contributed by atoms with Crippen LogP contribution in [0.1, 0.15) is 0 Å². The molecular formula is C60H41N. The zero-order valence-corrected chi connectivity index (χ0v) is 33.6. The molecule has 0 fully saturated rings. The molecule has 61 heavy (non-hydrogen) atoms. The van der Waals surface area contributed by atoms with E-state index in [4.69, 9.17) is 0 Å². The molecule has 0 saturated carbocycles. The maximum atomic E-state index is 2.53. The van der Waals surface area contributed by atoms with Gasteiger partial charge in [-0.05, 0) is 89.5 Å². The normalized spacial score (nSPS) is 11.3. The minimum absolute atomic E-state index is 1.10. The molecule has 0 saturated heterocycles. The largest absolute Gasteiger partial charge is 0.309 e. The second-order valence-corrected chi connectivity index (χ2v) is 15.6. The SMILES string of the molecule is c1ccc(-c2cccc(N(c3ccccc3-c3cccc4c3ccc3ccccc34)c3ccccc3-c3cccc4cccc(-c5ccccc5)c34)c2-c2ccccc2)cc1. The summed E-state index contributed by atoms with van der Waals surface area (Å²) in [6, 6.07) is 90.6. The Kier molecular flexibility index (Phi) is 9.26. The second-order valence-electron chi connectivity index (χ2n) is 15.6. The maximum Gasteiger partial charge on any atom is 0.0546 e. The molecule has 0 aromatic heterocycles. The second kappa shape index (κ2) is 15.6. The van der Waals surface area contributed by atoms with Crippen molar-refractivity contribution in [3.63, 3.8) is 0 Å². The van der Waals surface area contributed by atoms with Crippen LogP contribution in [0.3, 0.4) is 0 Å². The van der Waals surface area contributed by atoms with Gasteiger partial charge >= 0.3 is 0 Å². The highest BCUT2D eigenvalue weighted by molar-refractivity contribution is 6.14. The fourth-order valence-corrected chi connectivity index (χ4v) is 9.37. The van der Waals surface area contributed by atoms with Crippen molar-refractivity contribution in [2.24, 2.45) is 0 Å². The van der Waals surface area contributed by atoms with Crippen molar-refractivity contribution < 1.29 is 0 Å². The molecule has 0 aliphatic heterocycles. The molecule has 286 valence electrons. The molecule has 11 aromatic rings. The highest BCUT2D eigenvalue weighted by atomic mass is 15.1. The molecule has 0 unspecified atom stereocenters. The molecule has 0 radical (unpaired) electrons. The number of fused-ring (bicyclic) bond motifs is 4. The summed E-state index contributed by atoms with van der Waals surface area (Å²) in [6.07, 6.45) is 0. The van der Waals surface area contributed by atoms with Gasteiger partial charge < -0.3 is 4.90 Å². The van der Waals surface area contributed by atoms with Crippen molar-refractivity contribution in [3.8, 4) is 55.6 Å². The van der Waals surface area contributed by atoms with Crippen LogP contribution in [0.4, 0.5) is 17.1 Å². The molecule has 1 heteroatoms. The minimum atomic E-state index is 1.10. The maximum absolute atomic E-state index is 2.53. The monoisotopic (exact) mass is 775 g/mol. The molecule has 0 heterocycles. The molecule has 0 aliphatic carbocycles. The predicted molar refractivity (Wildman–Crippen MR) is 261 cm³/mol. The molecule has 0 bridgehead atoms. The number of hydrogen-bond donors (Lipinski definition) is 0. The van der Waals surface area contributed by atoms with Crippen LogP contribution in [0.15, 0.2) is 249 Å². The van der Waals surface area contributed by atoms with Crippen molar-refractivity contribution in [2.75, 3.05) is 4.90 Å². The van der Waals surface area contributed by atoms with Crippen molar-refractivity contribution in [2.45, 2.75) is 0 Å². The zero-order chi connectivity index (χ0) is 40.5. The summed E-state index contributed by atoms with van der Waals surface area (Å²) in [7, 11) is 0. The summed E-state index contributed by atoms with van der Waals surface area (Å²) in [5.41, 5.74) is 15.1. The van der Waals surface area contributed by atoms with E-state index in [-0.39, 0.29) is 0 Å². The van der Waals surface area contributed by atoms with Gasteiger partial charge in [-0.15, -0.1) is 0 Å². The fraction of sp³-hybridized carbons (Fsp3) is 0. The van der Waals surface area contributed by atoms with Gasteiger partial charge in [-0.3, -0.25) is 0 Å². The van der Waals surface area contributed by atoms with Crippen LogP contribution in [0, 0.1) is 0 Å². The highest BCUT2D eigenvalue weighted by Gasteiger charge is 2.26. The molecule has 0 atom stereocenters. The third kappa shape index (κ3) is 6.45. The molecular weight excluding hydrogens is 735 g/mol. The first kappa shape index (κ1) is 36.1. The lowest BCUT2D eigenvalue weighted by molar-refractivity contribution is 1.28. The third-order valence-electron chi connectivity index (χ3n) is 12.1. The number of hydrogen-bond acceptors (Lipinski definition) is 1. The van der Waals surface area contributed by atoms with Gasteiger partial charge in [-0.2, -0.15) is 0 Å². The van der Waals surface area contributed by atoms with Crippen molar-refractivity contribution in [3.05, 3.63) is 249 Å². The smallest absolute Gasteiger partial charge is 0.0546 e. The van der Waals surface area contributed by atoms with E-state index >= 15 is 0 Å². The van der Waals surface area contributed by atoms with E-state index in [9.17, 15) is 0 Å². The summed E-state index contributed by atoms with van der Waals surface area (Å²) in [4.78, 5) is 2.53. The number of benzene rings is 11. The Morgan fingerprint density at radius 3 is 1.36 bits per heavy atom. The predicted octanol–water partition coefficient (Wildman–Crippen LogP) is 17.0. The number of para-hydroxylation sites is 2. The Hall–Kier alpha value is -8.00. The highest BCUT2D eigenvalue weighted by Crippen LogP contribution is 2.51. The van der Waals surface area contributed by atoms with E-state index in [2.05, 4.69) is 254 Å². The van der Waals surface area contributed by atoms with E-state index < -0.39 is 0 Å². The molecule has 11 rings (SSSR count). The van der Waals surface area contributed by atoms with Gasteiger partial charge in [0, 0.05) is 16.7 Å². The van der Waals surface area contributed by atoms with E-state index in [1.165, 1.54) is 71.3 Å². The van der Waals surface area contributed by atoms with Gasteiger partial charge in [0.05, 0.1) is 17.1 Å². The summed E-state index contributed by atoms with van der Waals surface area (Å²) in [5.74, 6) is 0. The minimum Gasteiger partial charge on any atom is -0.309 e. The number of nitrogens with zero attached hydrogens (tertiary/aromatic N) is 1. The summed E-state index contributed by atoms with van der Waals surface area (Å²) in [5, 5.41) is 7.42. The summed E-state index contributed by atoms with van der Waals surface area (Å²) in [6.45, 7) is 0. The Morgan fingerprint density at radius 1 is 0.213 bits per heavy atom. The van der Waals surface area contributed by atoms with E-state index in [1.54, 1.807) is 0 Å². The first-order chi connectivity index (χ1) is 30.3. The van der Waals surface area contributed by atoms with Gasteiger partial charge in [-0.1, -0.05) is 231 Å². The van der Waals surface area contributed by atoms with Crippen LogP contribution in [-0.4, -0.2) is 0 Å². The van der Waals surface area contributed by atoms with Crippen molar-refractivity contribution in [1.82, 2.24) is 0 Å². The topological polar surface area (TPSA) is 3.24 Å². The van der Waals surface area contributed by atoms with E-state index in [0.29, 0.717) is 0 Å². The molecule has 0 aliphatic rings. The van der Waals surface area contributed by atoms with E-state index in [0.717, 1.165) is 33.8 Å². The van der Waals surface area contributed by atoms with Gasteiger partial charge in [0.1, 0.15) is 0 Å². The Labute approximate surface area is 357 Å². The Morgan fingerprint density at radius 2 is 0.656 bits per heavy atom. The van der Waals surface area contributed by atoms with Gasteiger partial charge in [0.15, 0.2) is 0 Å². The quantitative estimate of drug-likeness (QED) is 0.139. The van der Waals surface area contributed by atoms with E-state index in [1.807, 2.05) is 0 Å². The lowest BCUT2D eigenvalue weighted by atomic mass is 9.89. The van der Waals surface area contributed by atoms with Gasteiger partial charge in [-0.25, -0.2) is 0 Å². The molecule has 11 aromatic carbocycles. The average Bonchev–Trinajstić information content (AvgIpc) is 3.34. The lowest BCUT2D eigenvalue weighted by Gasteiger charge is -2.33. The first-order valence-electron chi connectivity index (χ1n) is 21.0. The lowest BCUT2D eigenvalue weighted by Crippen LogP contribution is -2.14. The average molecular weight is 776 g/mol. The molecule has 0 amide bonds. The number of rotatable bonds is 8.